The lowest BCUT2D eigenvalue weighted by atomic mass is 10.0. The van der Waals surface area contributed by atoms with Gasteiger partial charge in [-0.2, -0.15) is 0 Å². The van der Waals surface area contributed by atoms with Gasteiger partial charge in [-0.1, -0.05) is 38.1 Å². The number of thiophene rings is 1. The van der Waals surface area contributed by atoms with Crippen LogP contribution >= 0.6 is 22.9 Å². The Morgan fingerprint density at radius 3 is 2.42 bits per heavy atom. The van der Waals surface area contributed by atoms with Crippen molar-refractivity contribution in [2.24, 2.45) is 5.92 Å². The first-order chi connectivity index (χ1) is 9.10. The van der Waals surface area contributed by atoms with E-state index in [0.717, 1.165) is 22.6 Å². The normalized spacial score (nSPS) is 12.7. The van der Waals surface area contributed by atoms with Crippen molar-refractivity contribution in [1.29, 1.82) is 0 Å². The van der Waals surface area contributed by atoms with Crippen LogP contribution in [-0.4, -0.2) is 7.11 Å². The first-order valence-corrected chi connectivity index (χ1v) is 7.77. The molecule has 0 saturated heterocycles. The van der Waals surface area contributed by atoms with Crippen LogP contribution in [0.1, 0.15) is 35.2 Å². The molecule has 0 aliphatic rings. The fourth-order valence-electron chi connectivity index (χ4n) is 2.03. The minimum atomic E-state index is -0.0954. The number of hydrogen-bond donors (Lipinski definition) is 0. The van der Waals surface area contributed by atoms with E-state index < -0.39 is 0 Å². The Morgan fingerprint density at radius 2 is 1.89 bits per heavy atom. The van der Waals surface area contributed by atoms with Crippen LogP contribution in [0.5, 0.6) is 5.75 Å². The lowest BCUT2D eigenvalue weighted by molar-refractivity contribution is 0.416. The van der Waals surface area contributed by atoms with Crippen molar-refractivity contribution < 1.29 is 4.74 Å². The number of benzene rings is 1. The molecule has 2 rings (SSSR count). The van der Waals surface area contributed by atoms with E-state index in [4.69, 9.17) is 16.3 Å². The third kappa shape index (κ3) is 3.74. The monoisotopic (exact) mass is 294 g/mol. The SMILES string of the molecule is COc1csc(C(Cl)c2ccc(CC(C)C)cc2)c1. The zero-order chi connectivity index (χ0) is 13.8. The largest absolute Gasteiger partial charge is 0.496 e. The third-order valence-electron chi connectivity index (χ3n) is 3.00. The fourth-order valence-corrected chi connectivity index (χ4v) is 3.25. The fraction of sp³-hybridized carbons (Fsp3) is 0.375. The van der Waals surface area contributed by atoms with Gasteiger partial charge in [0.2, 0.25) is 0 Å². The number of alkyl halides is 1. The van der Waals surface area contributed by atoms with Gasteiger partial charge >= 0.3 is 0 Å². The van der Waals surface area contributed by atoms with Crippen LogP contribution in [-0.2, 0) is 6.42 Å². The average Bonchev–Trinajstić information content (AvgIpc) is 2.87. The van der Waals surface area contributed by atoms with E-state index in [1.54, 1.807) is 18.4 Å². The summed E-state index contributed by atoms with van der Waals surface area (Å²) in [6.45, 7) is 4.46. The molecule has 1 unspecified atom stereocenters. The maximum Gasteiger partial charge on any atom is 0.129 e. The predicted octanol–water partition coefficient (Wildman–Crippen LogP) is 5.28. The van der Waals surface area contributed by atoms with Gasteiger partial charge in [0.05, 0.1) is 12.5 Å². The van der Waals surface area contributed by atoms with Gasteiger partial charge in [-0.15, -0.1) is 22.9 Å². The van der Waals surface area contributed by atoms with Crippen LogP contribution in [0.4, 0.5) is 0 Å². The van der Waals surface area contributed by atoms with Gasteiger partial charge in [-0.25, -0.2) is 0 Å². The molecule has 1 aromatic carbocycles. The predicted molar refractivity (Wildman–Crippen MR) is 83.6 cm³/mol. The van der Waals surface area contributed by atoms with Crippen LogP contribution in [0.3, 0.4) is 0 Å². The first-order valence-electron chi connectivity index (χ1n) is 6.45. The van der Waals surface area contributed by atoms with Crippen LogP contribution in [0.2, 0.25) is 0 Å². The maximum atomic E-state index is 6.51. The molecule has 3 heteroatoms. The van der Waals surface area contributed by atoms with E-state index in [0.29, 0.717) is 5.92 Å². The molecule has 1 heterocycles. The molecule has 2 aromatic rings. The number of rotatable bonds is 5. The Labute approximate surface area is 124 Å². The zero-order valence-corrected chi connectivity index (χ0v) is 13.1. The maximum absolute atomic E-state index is 6.51. The minimum absolute atomic E-state index is 0.0954. The second-order valence-electron chi connectivity index (χ2n) is 5.09. The summed E-state index contributed by atoms with van der Waals surface area (Å²) < 4.78 is 5.20. The molecule has 0 fully saturated rings. The Bertz CT molecular complexity index is 516. The molecule has 0 bridgehead atoms. The van der Waals surface area contributed by atoms with Crippen molar-refractivity contribution in [1.82, 2.24) is 0 Å². The van der Waals surface area contributed by atoms with Crippen molar-refractivity contribution in [3.8, 4) is 5.75 Å². The van der Waals surface area contributed by atoms with E-state index in [1.807, 2.05) is 11.4 Å². The van der Waals surface area contributed by atoms with E-state index >= 15 is 0 Å². The quantitative estimate of drug-likeness (QED) is 0.681. The summed E-state index contributed by atoms with van der Waals surface area (Å²) >= 11 is 8.15. The summed E-state index contributed by atoms with van der Waals surface area (Å²) in [4.78, 5) is 1.12. The summed E-state index contributed by atoms with van der Waals surface area (Å²) in [6, 6.07) is 10.6. The summed E-state index contributed by atoms with van der Waals surface area (Å²) in [5, 5.41) is 1.89. The van der Waals surface area contributed by atoms with Gasteiger partial charge in [0, 0.05) is 10.3 Å². The van der Waals surface area contributed by atoms with E-state index in [-0.39, 0.29) is 5.38 Å². The number of ether oxygens (including phenoxy) is 1. The van der Waals surface area contributed by atoms with Gasteiger partial charge in [0.15, 0.2) is 0 Å². The van der Waals surface area contributed by atoms with Crippen LogP contribution in [0, 0.1) is 5.92 Å². The van der Waals surface area contributed by atoms with Gasteiger partial charge in [0.25, 0.3) is 0 Å². The Morgan fingerprint density at radius 1 is 1.21 bits per heavy atom. The van der Waals surface area contributed by atoms with Crippen molar-refractivity contribution in [3.63, 3.8) is 0 Å². The molecule has 102 valence electrons. The molecular weight excluding hydrogens is 276 g/mol. The molecule has 0 saturated carbocycles. The molecule has 0 spiro atoms. The van der Waals surface area contributed by atoms with Crippen LogP contribution < -0.4 is 4.74 Å². The molecule has 0 N–H and O–H groups in total. The lowest BCUT2D eigenvalue weighted by Gasteiger charge is -2.10. The topological polar surface area (TPSA) is 9.23 Å². The highest BCUT2D eigenvalue weighted by Crippen LogP contribution is 2.35. The highest BCUT2D eigenvalue weighted by molar-refractivity contribution is 7.10. The van der Waals surface area contributed by atoms with Crippen molar-refractivity contribution in [2.45, 2.75) is 25.6 Å². The van der Waals surface area contributed by atoms with Crippen molar-refractivity contribution in [3.05, 3.63) is 51.7 Å². The summed E-state index contributed by atoms with van der Waals surface area (Å²) in [5.41, 5.74) is 2.50. The smallest absolute Gasteiger partial charge is 0.129 e. The minimum Gasteiger partial charge on any atom is -0.496 e. The molecule has 0 amide bonds. The summed E-state index contributed by atoms with van der Waals surface area (Å²) in [6.07, 6.45) is 1.11. The second-order valence-corrected chi connectivity index (χ2v) is 6.47. The van der Waals surface area contributed by atoms with Gasteiger partial charge in [-0.3, -0.25) is 0 Å². The Balaban J connectivity index is 2.12. The molecule has 0 aliphatic carbocycles. The Kier molecular flexibility index (Phi) is 4.89. The summed E-state index contributed by atoms with van der Waals surface area (Å²) in [5.74, 6) is 1.56. The standard InChI is InChI=1S/C16H19ClOS/c1-11(2)8-12-4-6-13(7-5-12)16(17)15-9-14(18-3)10-19-15/h4-7,9-11,16H,8H2,1-3H3. The van der Waals surface area contributed by atoms with Crippen LogP contribution in [0.15, 0.2) is 35.7 Å². The average molecular weight is 295 g/mol. The molecule has 19 heavy (non-hydrogen) atoms. The molecule has 1 nitrogen and oxygen atoms in total. The molecule has 0 aliphatic heterocycles. The van der Waals surface area contributed by atoms with E-state index in [9.17, 15) is 0 Å². The molecular formula is C16H19ClOS. The lowest BCUT2D eigenvalue weighted by Crippen LogP contribution is -1.95. The van der Waals surface area contributed by atoms with E-state index in [2.05, 4.69) is 38.1 Å². The molecule has 1 atom stereocenters. The summed E-state index contributed by atoms with van der Waals surface area (Å²) in [7, 11) is 1.68. The number of halogens is 1. The third-order valence-corrected chi connectivity index (χ3v) is 4.59. The highest BCUT2D eigenvalue weighted by atomic mass is 35.5. The number of hydrogen-bond acceptors (Lipinski definition) is 2. The van der Waals surface area contributed by atoms with Gasteiger partial charge < -0.3 is 4.74 Å². The second kappa shape index (κ2) is 6.44. The first kappa shape index (κ1) is 14.4. The van der Waals surface area contributed by atoms with Gasteiger partial charge in [-0.05, 0) is 29.5 Å². The molecule has 1 aromatic heterocycles. The highest BCUT2D eigenvalue weighted by Gasteiger charge is 2.13. The zero-order valence-electron chi connectivity index (χ0n) is 11.5. The van der Waals surface area contributed by atoms with Crippen molar-refractivity contribution >= 4 is 22.9 Å². The molecule has 0 radical (unpaired) electrons. The van der Waals surface area contributed by atoms with Crippen molar-refractivity contribution in [2.75, 3.05) is 7.11 Å². The Hall–Kier alpha value is -0.990. The van der Waals surface area contributed by atoms with Crippen LogP contribution in [0.25, 0.3) is 0 Å². The van der Waals surface area contributed by atoms with Gasteiger partial charge in [0.1, 0.15) is 5.75 Å². The van der Waals surface area contributed by atoms with E-state index in [1.165, 1.54) is 5.56 Å². The number of methoxy groups -OCH3 is 1.